The molecule has 1 unspecified atom stereocenters. The van der Waals surface area contributed by atoms with Gasteiger partial charge in [-0.15, -0.1) is 11.3 Å². The zero-order valence-corrected chi connectivity index (χ0v) is 23.5. The molecule has 10 heteroatoms. The van der Waals surface area contributed by atoms with Crippen molar-refractivity contribution in [2.75, 3.05) is 25.0 Å². The second-order valence-corrected chi connectivity index (χ2v) is 11.4. The summed E-state index contributed by atoms with van der Waals surface area (Å²) in [6.07, 6.45) is 6.12. The summed E-state index contributed by atoms with van der Waals surface area (Å²) in [5, 5.41) is 5.37. The predicted octanol–water partition coefficient (Wildman–Crippen LogP) is 5.11. The standard InChI is InChI=1S/C29H32ClN5O3S/c1-33(19-22-7-2-4-13-31-22)28(37)25-8-6-15-35(25)29(38)32-18-21-11-10-20(17-23(21)30)27(36)34-14-5-3-9-26-24(34)12-16-39-26/h2,4,7,10-13,16-17,25H,3,5-6,8-9,14-15,18-19H2,1H3,(H,32,38). The van der Waals surface area contributed by atoms with Crippen LogP contribution in [-0.4, -0.2) is 58.8 Å². The highest BCUT2D eigenvalue weighted by Gasteiger charge is 2.35. The van der Waals surface area contributed by atoms with Crippen molar-refractivity contribution >= 4 is 46.5 Å². The Balaban J connectivity index is 1.20. The Morgan fingerprint density at radius 3 is 2.79 bits per heavy atom. The largest absolute Gasteiger partial charge is 0.338 e. The van der Waals surface area contributed by atoms with Gasteiger partial charge in [0.25, 0.3) is 5.91 Å². The number of hydrogen-bond acceptors (Lipinski definition) is 5. The number of carbonyl (C=O) groups excluding carboxylic acids is 3. The lowest BCUT2D eigenvalue weighted by Gasteiger charge is -2.28. The number of hydrogen-bond donors (Lipinski definition) is 1. The number of carbonyl (C=O) groups is 3. The van der Waals surface area contributed by atoms with Gasteiger partial charge in [0.1, 0.15) is 6.04 Å². The van der Waals surface area contributed by atoms with Crippen molar-refractivity contribution in [1.29, 1.82) is 0 Å². The first-order chi connectivity index (χ1) is 18.9. The highest BCUT2D eigenvalue weighted by molar-refractivity contribution is 7.10. The molecule has 0 bridgehead atoms. The summed E-state index contributed by atoms with van der Waals surface area (Å²) in [4.78, 5) is 50.1. The molecule has 3 aromatic rings. The number of aryl methyl sites for hydroxylation is 1. The Labute approximate surface area is 237 Å². The Kier molecular flexibility index (Phi) is 8.47. The van der Waals surface area contributed by atoms with Crippen LogP contribution in [0, 0.1) is 0 Å². The zero-order chi connectivity index (χ0) is 27.4. The first kappa shape index (κ1) is 27.1. The van der Waals surface area contributed by atoms with Gasteiger partial charge in [-0.1, -0.05) is 23.7 Å². The fourth-order valence-electron chi connectivity index (χ4n) is 5.23. The molecular formula is C29H32ClN5O3S. The van der Waals surface area contributed by atoms with E-state index < -0.39 is 6.04 Å². The molecule has 0 saturated carbocycles. The van der Waals surface area contributed by atoms with Gasteiger partial charge in [-0.25, -0.2) is 4.79 Å². The number of anilines is 1. The summed E-state index contributed by atoms with van der Waals surface area (Å²) in [6, 6.07) is 12.0. The molecule has 0 radical (unpaired) electrons. The molecule has 1 N–H and O–H groups in total. The molecule has 0 aliphatic carbocycles. The lowest BCUT2D eigenvalue weighted by molar-refractivity contribution is -0.134. The number of likely N-dealkylation sites (N-methyl/N-ethyl adjacent to an activating group) is 1. The summed E-state index contributed by atoms with van der Waals surface area (Å²) >= 11 is 8.26. The first-order valence-corrected chi connectivity index (χ1v) is 14.5. The third-order valence-corrected chi connectivity index (χ3v) is 8.65. The number of urea groups is 1. The van der Waals surface area contributed by atoms with Crippen molar-refractivity contribution < 1.29 is 14.4 Å². The van der Waals surface area contributed by atoms with Gasteiger partial charge in [-0.2, -0.15) is 0 Å². The van der Waals surface area contributed by atoms with Crippen LogP contribution in [0.15, 0.2) is 54.0 Å². The van der Waals surface area contributed by atoms with Crippen LogP contribution in [0.4, 0.5) is 10.5 Å². The normalized spacial score (nSPS) is 16.9. The molecule has 5 rings (SSSR count). The highest BCUT2D eigenvalue weighted by atomic mass is 35.5. The van der Waals surface area contributed by atoms with E-state index in [0.717, 1.165) is 37.1 Å². The van der Waals surface area contributed by atoms with Crippen molar-refractivity contribution in [1.82, 2.24) is 20.1 Å². The Morgan fingerprint density at radius 2 is 2.00 bits per heavy atom. The van der Waals surface area contributed by atoms with Crippen LogP contribution in [0.5, 0.6) is 0 Å². The molecule has 1 fully saturated rings. The van der Waals surface area contributed by atoms with Gasteiger partial charge in [0, 0.05) is 48.3 Å². The van der Waals surface area contributed by atoms with E-state index in [1.165, 1.54) is 4.88 Å². The third-order valence-electron chi connectivity index (χ3n) is 7.32. The number of halogens is 1. The maximum absolute atomic E-state index is 13.3. The molecule has 4 amide bonds. The lowest BCUT2D eigenvalue weighted by Crippen LogP contribution is -2.49. The molecule has 8 nitrogen and oxygen atoms in total. The van der Waals surface area contributed by atoms with Gasteiger partial charge in [0.05, 0.1) is 17.9 Å². The summed E-state index contributed by atoms with van der Waals surface area (Å²) in [7, 11) is 1.73. The SMILES string of the molecule is CN(Cc1ccccn1)C(=O)C1CCCN1C(=O)NCc1ccc(C(=O)N2CCCCc3sccc32)cc1Cl. The zero-order valence-electron chi connectivity index (χ0n) is 21.9. The minimum atomic E-state index is -0.509. The number of nitrogens with one attached hydrogen (secondary N) is 1. The fourth-order valence-corrected chi connectivity index (χ4v) is 6.40. The van der Waals surface area contributed by atoms with E-state index in [4.69, 9.17) is 11.6 Å². The van der Waals surface area contributed by atoms with Crippen LogP contribution in [-0.2, 0) is 24.3 Å². The smallest absolute Gasteiger partial charge is 0.318 e. The van der Waals surface area contributed by atoms with Gasteiger partial charge in [0.15, 0.2) is 0 Å². The van der Waals surface area contributed by atoms with E-state index >= 15 is 0 Å². The molecule has 2 aliphatic heterocycles. The molecule has 1 saturated heterocycles. The highest BCUT2D eigenvalue weighted by Crippen LogP contribution is 2.32. The molecule has 4 heterocycles. The van der Waals surface area contributed by atoms with Gasteiger partial charge >= 0.3 is 6.03 Å². The molecule has 1 atom stereocenters. The van der Waals surface area contributed by atoms with E-state index in [-0.39, 0.29) is 24.4 Å². The monoisotopic (exact) mass is 565 g/mol. The van der Waals surface area contributed by atoms with Crippen molar-refractivity contribution in [2.24, 2.45) is 0 Å². The van der Waals surface area contributed by atoms with Crippen molar-refractivity contribution in [3.8, 4) is 0 Å². The molecule has 39 heavy (non-hydrogen) atoms. The number of amides is 4. The predicted molar refractivity (Wildman–Crippen MR) is 153 cm³/mol. The number of benzene rings is 1. The molecule has 2 aliphatic rings. The number of pyridine rings is 1. The molecule has 204 valence electrons. The van der Waals surface area contributed by atoms with Crippen LogP contribution in [0.3, 0.4) is 0 Å². The average Bonchev–Trinajstić information content (AvgIpc) is 3.58. The number of fused-ring (bicyclic) bond motifs is 1. The average molecular weight is 566 g/mol. The van der Waals surface area contributed by atoms with Gasteiger partial charge in [-0.3, -0.25) is 14.6 Å². The number of rotatable bonds is 6. The summed E-state index contributed by atoms with van der Waals surface area (Å²) in [5.41, 5.74) is 3.03. The molecule has 2 aromatic heterocycles. The van der Waals surface area contributed by atoms with Crippen LogP contribution >= 0.6 is 22.9 Å². The molecule has 1 aromatic carbocycles. The van der Waals surface area contributed by atoms with Crippen molar-refractivity contribution in [3.05, 3.63) is 80.8 Å². The minimum absolute atomic E-state index is 0.0673. The summed E-state index contributed by atoms with van der Waals surface area (Å²) < 4.78 is 0. The van der Waals surface area contributed by atoms with Crippen LogP contribution in [0.1, 0.15) is 52.2 Å². The Morgan fingerprint density at radius 1 is 1.13 bits per heavy atom. The Bertz CT molecular complexity index is 1350. The van der Waals surface area contributed by atoms with Crippen molar-refractivity contribution in [3.63, 3.8) is 0 Å². The summed E-state index contributed by atoms with van der Waals surface area (Å²) in [6.45, 7) is 1.79. The number of thiophene rings is 1. The molecule has 0 spiro atoms. The van der Waals surface area contributed by atoms with Gasteiger partial charge in [0.2, 0.25) is 5.91 Å². The maximum atomic E-state index is 13.3. The second-order valence-electron chi connectivity index (χ2n) is 9.97. The van der Waals surface area contributed by atoms with Crippen LogP contribution in [0.25, 0.3) is 0 Å². The summed E-state index contributed by atoms with van der Waals surface area (Å²) in [5.74, 6) is -0.168. The second kappa shape index (κ2) is 12.2. The third kappa shape index (κ3) is 6.09. The lowest BCUT2D eigenvalue weighted by atomic mass is 10.1. The van der Waals surface area contributed by atoms with Crippen molar-refractivity contribution in [2.45, 2.75) is 51.2 Å². The topological polar surface area (TPSA) is 85.9 Å². The van der Waals surface area contributed by atoms with Gasteiger partial charge in [-0.05, 0) is 73.4 Å². The van der Waals surface area contributed by atoms with E-state index in [9.17, 15) is 14.4 Å². The quantitative estimate of drug-likeness (QED) is 0.450. The first-order valence-electron chi connectivity index (χ1n) is 13.3. The van der Waals surface area contributed by atoms with Crippen LogP contribution in [0.2, 0.25) is 5.02 Å². The Hall–Kier alpha value is -3.43. The minimum Gasteiger partial charge on any atom is -0.338 e. The van der Waals surface area contributed by atoms with Crippen LogP contribution < -0.4 is 10.2 Å². The number of likely N-dealkylation sites (tertiary alicyclic amines) is 1. The van der Waals surface area contributed by atoms with Gasteiger partial charge < -0.3 is 20.0 Å². The number of aromatic nitrogens is 1. The number of nitrogens with zero attached hydrogens (tertiary/aromatic N) is 4. The van der Waals surface area contributed by atoms with E-state index in [0.29, 0.717) is 42.2 Å². The van der Waals surface area contributed by atoms with E-state index in [1.54, 1.807) is 52.6 Å². The maximum Gasteiger partial charge on any atom is 0.318 e. The molecular weight excluding hydrogens is 534 g/mol. The van der Waals surface area contributed by atoms with E-state index in [2.05, 4.69) is 10.3 Å². The fraction of sp³-hybridized carbons (Fsp3) is 0.379. The van der Waals surface area contributed by atoms with E-state index in [1.807, 2.05) is 34.5 Å².